The molecule has 0 saturated carbocycles. The average Bonchev–Trinajstić information content (AvgIpc) is 2.49. The Kier molecular flexibility index (Phi) is 5.68. The first kappa shape index (κ1) is 15.9. The molecular weight excluding hydrogens is 269 g/mol. The van der Waals surface area contributed by atoms with Crippen LogP contribution in [0, 0.1) is 17.1 Å². The van der Waals surface area contributed by atoms with E-state index in [1.165, 1.54) is 12.1 Å². The van der Waals surface area contributed by atoms with Crippen molar-refractivity contribution in [3.63, 3.8) is 0 Å². The molecule has 2 rings (SSSR count). The summed E-state index contributed by atoms with van der Waals surface area (Å²) >= 11 is 0. The normalized spacial score (nSPS) is 20.4. The molecule has 1 atom stereocenters. The third-order valence-electron chi connectivity index (χ3n) is 4.00. The van der Waals surface area contributed by atoms with Crippen molar-refractivity contribution in [1.82, 2.24) is 9.80 Å². The number of piperazine rings is 1. The number of ether oxygens (including phenoxy) is 1. The van der Waals surface area contributed by atoms with E-state index in [0.717, 1.165) is 32.8 Å². The molecule has 1 aliphatic heterocycles. The maximum atomic E-state index is 13.8. The topological polar surface area (TPSA) is 39.5 Å². The van der Waals surface area contributed by atoms with Gasteiger partial charge in [0.15, 0.2) is 0 Å². The highest BCUT2D eigenvalue weighted by molar-refractivity contribution is 5.33. The van der Waals surface area contributed by atoms with Crippen molar-refractivity contribution < 1.29 is 9.13 Å². The number of hydrogen-bond donors (Lipinski definition) is 0. The smallest absolute Gasteiger partial charge is 0.127 e. The van der Waals surface area contributed by atoms with Crippen LogP contribution >= 0.6 is 0 Å². The van der Waals surface area contributed by atoms with Crippen molar-refractivity contribution in [3.05, 3.63) is 35.1 Å². The fourth-order valence-corrected chi connectivity index (χ4v) is 2.76. The lowest BCUT2D eigenvalue weighted by Gasteiger charge is -2.39. The number of nitrogens with zero attached hydrogens (tertiary/aromatic N) is 3. The number of rotatable bonds is 5. The van der Waals surface area contributed by atoms with Gasteiger partial charge in [-0.05, 0) is 25.1 Å². The summed E-state index contributed by atoms with van der Waals surface area (Å²) < 4.78 is 19.0. The molecule has 0 aliphatic carbocycles. The summed E-state index contributed by atoms with van der Waals surface area (Å²) in [7, 11) is 1.71. The Labute approximate surface area is 125 Å². The zero-order valence-electron chi connectivity index (χ0n) is 12.7. The third-order valence-corrected chi connectivity index (χ3v) is 4.00. The standard InChI is InChI=1S/C16H22FN3O/c1-13-11-19(5-6-20(13)7-8-21-2)12-15-9-14(10-18)3-4-16(15)17/h3-4,9,13H,5-8,11-12H2,1-2H3/t13-/m0/s1. The highest BCUT2D eigenvalue weighted by atomic mass is 19.1. The van der Waals surface area contributed by atoms with Crippen LogP contribution in [-0.4, -0.2) is 55.7 Å². The van der Waals surface area contributed by atoms with Crippen molar-refractivity contribution in [2.24, 2.45) is 0 Å². The molecule has 1 fully saturated rings. The molecule has 0 spiro atoms. The second-order valence-corrected chi connectivity index (χ2v) is 5.53. The van der Waals surface area contributed by atoms with Crippen LogP contribution in [0.5, 0.6) is 0 Å². The van der Waals surface area contributed by atoms with Crippen molar-refractivity contribution in [1.29, 1.82) is 5.26 Å². The van der Waals surface area contributed by atoms with Crippen LogP contribution in [0.25, 0.3) is 0 Å². The first-order valence-corrected chi connectivity index (χ1v) is 7.28. The predicted molar refractivity (Wildman–Crippen MR) is 79.3 cm³/mol. The summed E-state index contributed by atoms with van der Waals surface area (Å²) in [6, 6.07) is 7.04. The molecule has 5 heteroatoms. The fraction of sp³-hybridized carbons (Fsp3) is 0.562. The van der Waals surface area contributed by atoms with E-state index in [9.17, 15) is 4.39 Å². The summed E-state index contributed by atoms with van der Waals surface area (Å²) in [4.78, 5) is 4.63. The Balaban J connectivity index is 1.95. The van der Waals surface area contributed by atoms with Gasteiger partial charge in [-0.15, -0.1) is 0 Å². The summed E-state index contributed by atoms with van der Waals surface area (Å²) in [6.45, 7) is 7.19. The van der Waals surface area contributed by atoms with Crippen LogP contribution in [-0.2, 0) is 11.3 Å². The van der Waals surface area contributed by atoms with E-state index in [4.69, 9.17) is 10.00 Å². The number of halogens is 1. The van der Waals surface area contributed by atoms with E-state index in [1.807, 2.05) is 0 Å². The molecule has 4 nitrogen and oxygen atoms in total. The number of nitriles is 1. The second-order valence-electron chi connectivity index (χ2n) is 5.53. The number of hydrogen-bond acceptors (Lipinski definition) is 4. The third kappa shape index (κ3) is 4.24. The molecule has 1 heterocycles. The summed E-state index contributed by atoms with van der Waals surface area (Å²) in [6.07, 6.45) is 0. The lowest BCUT2D eigenvalue weighted by Crippen LogP contribution is -2.52. The van der Waals surface area contributed by atoms with Gasteiger partial charge in [-0.2, -0.15) is 5.26 Å². The molecule has 0 bridgehead atoms. The summed E-state index contributed by atoms with van der Waals surface area (Å²) in [5.41, 5.74) is 1.12. The van der Waals surface area contributed by atoms with Gasteiger partial charge in [-0.1, -0.05) is 0 Å². The molecule has 0 unspecified atom stereocenters. The van der Waals surface area contributed by atoms with Gasteiger partial charge >= 0.3 is 0 Å². The van der Waals surface area contributed by atoms with E-state index >= 15 is 0 Å². The Morgan fingerprint density at radius 1 is 1.43 bits per heavy atom. The van der Waals surface area contributed by atoms with Gasteiger partial charge < -0.3 is 4.74 Å². The number of methoxy groups -OCH3 is 1. The largest absolute Gasteiger partial charge is 0.383 e. The first-order chi connectivity index (χ1) is 10.1. The Morgan fingerprint density at radius 3 is 2.90 bits per heavy atom. The van der Waals surface area contributed by atoms with Crippen LogP contribution < -0.4 is 0 Å². The molecule has 114 valence electrons. The molecule has 1 aromatic carbocycles. The quantitative estimate of drug-likeness (QED) is 0.830. The lowest BCUT2D eigenvalue weighted by molar-refractivity contribution is 0.0553. The van der Waals surface area contributed by atoms with Gasteiger partial charge in [-0.3, -0.25) is 9.80 Å². The maximum Gasteiger partial charge on any atom is 0.127 e. The van der Waals surface area contributed by atoms with E-state index < -0.39 is 0 Å². The second kappa shape index (κ2) is 7.51. The van der Waals surface area contributed by atoms with Crippen molar-refractivity contribution in [2.45, 2.75) is 19.5 Å². The fourth-order valence-electron chi connectivity index (χ4n) is 2.76. The van der Waals surface area contributed by atoms with E-state index in [0.29, 0.717) is 23.7 Å². The minimum Gasteiger partial charge on any atom is -0.383 e. The minimum atomic E-state index is -0.233. The molecule has 0 aromatic heterocycles. The van der Waals surface area contributed by atoms with Crippen molar-refractivity contribution in [2.75, 3.05) is 39.9 Å². The van der Waals surface area contributed by atoms with Crippen LogP contribution in [0.3, 0.4) is 0 Å². The lowest BCUT2D eigenvalue weighted by atomic mass is 10.1. The first-order valence-electron chi connectivity index (χ1n) is 7.28. The van der Waals surface area contributed by atoms with E-state index in [2.05, 4.69) is 22.8 Å². The monoisotopic (exact) mass is 291 g/mol. The Morgan fingerprint density at radius 2 is 2.24 bits per heavy atom. The maximum absolute atomic E-state index is 13.8. The van der Waals surface area contributed by atoms with Crippen LogP contribution in [0.2, 0.25) is 0 Å². The van der Waals surface area contributed by atoms with Gasteiger partial charge in [0.25, 0.3) is 0 Å². The molecular formula is C16H22FN3O. The summed E-state index contributed by atoms with van der Waals surface area (Å²) in [5, 5.41) is 8.91. The molecule has 0 amide bonds. The van der Waals surface area contributed by atoms with Gasteiger partial charge in [0.05, 0.1) is 18.2 Å². The molecule has 0 N–H and O–H groups in total. The van der Waals surface area contributed by atoms with E-state index in [1.54, 1.807) is 13.2 Å². The van der Waals surface area contributed by atoms with Gasteiger partial charge in [0.2, 0.25) is 0 Å². The minimum absolute atomic E-state index is 0.233. The Bertz CT molecular complexity index is 515. The zero-order valence-corrected chi connectivity index (χ0v) is 12.7. The van der Waals surface area contributed by atoms with Crippen molar-refractivity contribution in [3.8, 4) is 6.07 Å². The van der Waals surface area contributed by atoms with E-state index in [-0.39, 0.29) is 5.82 Å². The highest BCUT2D eigenvalue weighted by Gasteiger charge is 2.23. The SMILES string of the molecule is COCCN1CCN(Cc2cc(C#N)ccc2F)C[C@@H]1C. The molecule has 21 heavy (non-hydrogen) atoms. The average molecular weight is 291 g/mol. The molecule has 0 radical (unpaired) electrons. The highest BCUT2D eigenvalue weighted by Crippen LogP contribution is 2.16. The molecule has 1 saturated heterocycles. The zero-order chi connectivity index (χ0) is 15.2. The molecule has 1 aromatic rings. The van der Waals surface area contributed by atoms with Crippen LogP contribution in [0.1, 0.15) is 18.1 Å². The van der Waals surface area contributed by atoms with Gasteiger partial charge in [0, 0.05) is 51.4 Å². The van der Waals surface area contributed by atoms with Crippen LogP contribution in [0.15, 0.2) is 18.2 Å². The molecule has 1 aliphatic rings. The number of benzene rings is 1. The van der Waals surface area contributed by atoms with Crippen molar-refractivity contribution >= 4 is 0 Å². The van der Waals surface area contributed by atoms with Crippen LogP contribution in [0.4, 0.5) is 4.39 Å². The summed E-state index contributed by atoms with van der Waals surface area (Å²) in [5.74, 6) is -0.233. The predicted octanol–water partition coefficient (Wildman–Crippen LogP) is 1.85. The Hall–Kier alpha value is -1.48. The van der Waals surface area contributed by atoms with Gasteiger partial charge in [0.1, 0.15) is 5.82 Å². The van der Waals surface area contributed by atoms with Gasteiger partial charge in [-0.25, -0.2) is 4.39 Å².